The SMILES string of the molecule is C=C(/C=C\C(=C/C)c1ccc(OC#N)c(C(c2ccc(-c3ccccc3)cc2)c2cc(-c3ccc(OC#N)cc3)ccc2C#N)c1)OC#N. The van der Waals surface area contributed by atoms with Crippen LogP contribution in [-0.4, -0.2) is 0 Å². The van der Waals surface area contributed by atoms with Crippen molar-refractivity contribution in [3.05, 3.63) is 174 Å². The summed E-state index contributed by atoms with van der Waals surface area (Å²) in [4.78, 5) is 0. The summed E-state index contributed by atoms with van der Waals surface area (Å²) in [6, 6.07) is 38.8. The van der Waals surface area contributed by atoms with E-state index in [9.17, 15) is 10.5 Å². The van der Waals surface area contributed by atoms with Crippen molar-refractivity contribution in [3.8, 4) is 58.6 Å². The van der Waals surface area contributed by atoms with Crippen LogP contribution >= 0.6 is 0 Å². The summed E-state index contributed by atoms with van der Waals surface area (Å²) in [5.74, 6) is 0.407. The predicted octanol–water partition coefficient (Wildman–Crippen LogP) is 9.76. The topological polar surface area (TPSA) is 123 Å². The largest absolute Gasteiger partial charge is 0.389 e. The van der Waals surface area contributed by atoms with Crippen molar-refractivity contribution in [2.75, 3.05) is 0 Å². The number of rotatable bonds is 11. The smallest absolute Gasteiger partial charge is 0.292 e. The van der Waals surface area contributed by atoms with Gasteiger partial charge in [-0.15, -0.1) is 15.8 Å². The lowest BCUT2D eigenvalue weighted by Crippen LogP contribution is -2.08. The molecule has 5 rings (SSSR count). The van der Waals surface area contributed by atoms with E-state index in [1.807, 2.05) is 110 Å². The van der Waals surface area contributed by atoms with E-state index in [4.69, 9.17) is 24.7 Å². The third kappa shape index (κ3) is 7.74. The molecule has 0 N–H and O–H groups in total. The first-order chi connectivity index (χ1) is 24.0. The number of nitrogens with zero attached hydrogens (tertiary/aromatic N) is 4. The monoisotopic (exact) mass is 636 g/mol. The van der Waals surface area contributed by atoms with Gasteiger partial charge in [0.1, 0.15) is 17.3 Å². The van der Waals surface area contributed by atoms with Gasteiger partial charge in [0.25, 0.3) is 18.8 Å². The summed E-state index contributed by atoms with van der Waals surface area (Å²) in [6.07, 6.45) is 10.4. The summed E-state index contributed by atoms with van der Waals surface area (Å²) in [6.45, 7) is 5.62. The van der Waals surface area contributed by atoms with E-state index in [1.165, 1.54) is 0 Å². The van der Waals surface area contributed by atoms with Crippen LogP contribution < -0.4 is 9.47 Å². The molecule has 0 aliphatic rings. The second kappa shape index (κ2) is 15.8. The average Bonchev–Trinajstić information content (AvgIpc) is 3.14. The fourth-order valence-electron chi connectivity index (χ4n) is 5.61. The lowest BCUT2D eigenvalue weighted by atomic mass is 9.80. The van der Waals surface area contributed by atoms with Crippen LogP contribution in [0, 0.1) is 45.9 Å². The molecule has 7 nitrogen and oxygen atoms in total. The van der Waals surface area contributed by atoms with Crippen LogP contribution in [0.3, 0.4) is 0 Å². The van der Waals surface area contributed by atoms with Crippen molar-refractivity contribution >= 4 is 5.57 Å². The Balaban J connectivity index is 1.73. The number of hydrogen-bond donors (Lipinski definition) is 0. The van der Waals surface area contributed by atoms with Crippen molar-refractivity contribution in [3.63, 3.8) is 0 Å². The zero-order chi connectivity index (χ0) is 34.6. The zero-order valence-electron chi connectivity index (χ0n) is 26.5. The highest BCUT2D eigenvalue weighted by Gasteiger charge is 2.25. The first-order valence-corrected chi connectivity index (χ1v) is 15.1. The minimum Gasteiger partial charge on any atom is -0.389 e. The summed E-state index contributed by atoms with van der Waals surface area (Å²) in [5, 5.41) is 37.8. The van der Waals surface area contributed by atoms with Gasteiger partial charge in [-0.05, 0) is 93.9 Å². The highest BCUT2D eigenvalue weighted by molar-refractivity contribution is 5.76. The third-order valence-electron chi connectivity index (χ3n) is 7.93. The van der Waals surface area contributed by atoms with Crippen LogP contribution in [0.5, 0.6) is 11.5 Å². The van der Waals surface area contributed by atoms with E-state index in [0.717, 1.165) is 39.0 Å². The molecular formula is C42H28N4O3. The lowest BCUT2D eigenvalue weighted by molar-refractivity contribution is 0.395. The number of allylic oxidation sites excluding steroid dienone is 4. The van der Waals surface area contributed by atoms with Gasteiger partial charge >= 0.3 is 0 Å². The minimum absolute atomic E-state index is 0.186. The van der Waals surface area contributed by atoms with Crippen LogP contribution in [-0.2, 0) is 4.74 Å². The summed E-state index contributed by atoms with van der Waals surface area (Å²) < 4.78 is 15.3. The number of hydrogen-bond acceptors (Lipinski definition) is 7. The summed E-state index contributed by atoms with van der Waals surface area (Å²) in [5.41, 5.74) is 8.10. The standard InChI is InChI=1S/C42H28N4O3/c1-3-30(10-9-29(2)47-26-44)35-19-22-41(49-28-46)40(24-35)42(34-13-11-32(12-14-34)31-7-5-4-6-8-31)39-23-36(15-16-37(39)25-43)33-17-20-38(21-18-33)48-27-45/h3-24,42H,2H2,1H3/b10-9-,30-3+. The molecule has 5 aromatic rings. The van der Waals surface area contributed by atoms with E-state index in [2.05, 4.69) is 12.6 Å². The van der Waals surface area contributed by atoms with E-state index in [0.29, 0.717) is 28.2 Å². The summed E-state index contributed by atoms with van der Waals surface area (Å²) >= 11 is 0. The van der Waals surface area contributed by atoms with Crippen molar-refractivity contribution in [1.29, 1.82) is 21.0 Å². The fraction of sp³-hybridized carbons (Fsp3) is 0.0476. The molecule has 0 saturated carbocycles. The molecule has 1 unspecified atom stereocenters. The molecule has 0 aromatic heterocycles. The molecule has 0 aliphatic heterocycles. The van der Waals surface area contributed by atoms with Crippen LogP contribution in [0.15, 0.2) is 146 Å². The minimum atomic E-state index is -0.539. The second-order valence-electron chi connectivity index (χ2n) is 10.7. The summed E-state index contributed by atoms with van der Waals surface area (Å²) in [7, 11) is 0. The molecule has 234 valence electrons. The Kier molecular flexibility index (Phi) is 10.7. The van der Waals surface area contributed by atoms with Gasteiger partial charge in [-0.1, -0.05) is 97.6 Å². The molecule has 49 heavy (non-hydrogen) atoms. The predicted molar refractivity (Wildman–Crippen MR) is 187 cm³/mol. The van der Waals surface area contributed by atoms with E-state index >= 15 is 0 Å². The maximum Gasteiger partial charge on any atom is 0.292 e. The Morgan fingerprint density at radius 3 is 1.96 bits per heavy atom. The molecule has 1 atom stereocenters. The maximum absolute atomic E-state index is 10.4. The Morgan fingerprint density at radius 1 is 0.653 bits per heavy atom. The van der Waals surface area contributed by atoms with E-state index in [-0.39, 0.29) is 5.76 Å². The molecule has 0 amide bonds. The molecule has 0 spiro atoms. The van der Waals surface area contributed by atoms with Gasteiger partial charge in [0, 0.05) is 11.5 Å². The first kappa shape index (κ1) is 33.1. The van der Waals surface area contributed by atoms with Crippen molar-refractivity contribution < 1.29 is 14.2 Å². The molecule has 0 fully saturated rings. The van der Waals surface area contributed by atoms with Gasteiger partial charge in [-0.3, -0.25) is 0 Å². The highest BCUT2D eigenvalue weighted by atomic mass is 16.5. The molecule has 5 aromatic carbocycles. The van der Waals surface area contributed by atoms with Gasteiger partial charge in [0.2, 0.25) is 0 Å². The zero-order valence-corrected chi connectivity index (χ0v) is 26.5. The van der Waals surface area contributed by atoms with Crippen LogP contribution in [0.25, 0.3) is 27.8 Å². The molecule has 0 radical (unpaired) electrons. The van der Waals surface area contributed by atoms with Crippen molar-refractivity contribution in [2.45, 2.75) is 12.8 Å². The average molecular weight is 637 g/mol. The van der Waals surface area contributed by atoms with Gasteiger partial charge in [-0.25, -0.2) is 0 Å². The van der Waals surface area contributed by atoms with Crippen molar-refractivity contribution in [1.82, 2.24) is 0 Å². The highest BCUT2D eigenvalue weighted by Crippen LogP contribution is 2.42. The normalized spacial score (nSPS) is 11.3. The van der Waals surface area contributed by atoms with Crippen molar-refractivity contribution in [2.24, 2.45) is 0 Å². The molecular weight excluding hydrogens is 608 g/mol. The third-order valence-corrected chi connectivity index (χ3v) is 7.93. The van der Waals surface area contributed by atoms with Crippen LogP contribution in [0.2, 0.25) is 0 Å². The number of nitriles is 4. The quantitative estimate of drug-likeness (QED) is 0.0612. The van der Waals surface area contributed by atoms with Gasteiger partial charge < -0.3 is 14.2 Å². The second-order valence-corrected chi connectivity index (χ2v) is 10.7. The van der Waals surface area contributed by atoms with E-state index in [1.54, 1.807) is 48.9 Å². The molecule has 7 heteroatoms. The van der Waals surface area contributed by atoms with Crippen LogP contribution in [0.1, 0.15) is 40.7 Å². The molecule has 0 bridgehead atoms. The number of ether oxygens (including phenoxy) is 3. The Morgan fingerprint density at radius 2 is 1.31 bits per heavy atom. The Bertz CT molecular complexity index is 2210. The Labute approximate surface area is 285 Å². The lowest BCUT2D eigenvalue weighted by Gasteiger charge is -2.24. The number of benzene rings is 5. The molecule has 0 saturated heterocycles. The fourth-order valence-corrected chi connectivity index (χ4v) is 5.61. The molecule has 0 aliphatic carbocycles. The Hall–Kier alpha value is -7.32. The van der Waals surface area contributed by atoms with E-state index < -0.39 is 5.92 Å². The van der Waals surface area contributed by atoms with Crippen LogP contribution in [0.4, 0.5) is 0 Å². The van der Waals surface area contributed by atoms with Gasteiger partial charge in [0.05, 0.1) is 11.6 Å². The van der Waals surface area contributed by atoms with Gasteiger partial charge in [-0.2, -0.15) is 5.26 Å². The van der Waals surface area contributed by atoms with Gasteiger partial charge in [0.15, 0.2) is 0 Å². The maximum atomic E-state index is 10.4. The first-order valence-electron chi connectivity index (χ1n) is 15.1. The molecule has 0 heterocycles.